The van der Waals surface area contributed by atoms with Crippen molar-refractivity contribution in [2.24, 2.45) is 0 Å². The molecule has 76 valence electrons. The minimum Gasteiger partial charge on any atom is -0.495 e. The number of ether oxygens (including phenoxy) is 1. The molecule has 1 aromatic carbocycles. The number of carbonyl (C=O) groups excluding carboxylic acids is 1. The molecule has 0 amide bonds. The van der Waals surface area contributed by atoms with Gasteiger partial charge in [0.15, 0.2) is 0 Å². The van der Waals surface area contributed by atoms with Crippen molar-refractivity contribution in [1.29, 1.82) is 5.26 Å². The molecule has 0 radical (unpaired) electrons. The molecule has 0 unspecified atom stereocenters. The van der Waals surface area contributed by atoms with E-state index < -0.39 is 5.24 Å². The first-order chi connectivity index (χ1) is 7.17. The maximum Gasteiger partial charge on any atom is 0.245 e. The molecule has 0 aliphatic heterocycles. The van der Waals surface area contributed by atoms with Gasteiger partial charge in [-0.05, 0) is 35.4 Å². The van der Waals surface area contributed by atoms with E-state index in [4.69, 9.17) is 21.6 Å². The Balaban J connectivity index is 3.04. The normalized spacial score (nSPS) is 9.93. The third kappa shape index (κ3) is 3.12. The zero-order valence-corrected chi connectivity index (χ0v) is 8.78. The van der Waals surface area contributed by atoms with Crippen LogP contribution in [0.25, 0.3) is 6.08 Å². The van der Waals surface area contributed by atoms with Crippen LogP contribution in [0.3, 0.4) is 0 Å². The minimum absolute atomic E-state index is 0.418. The number of nitriles is 1. The van der Waals surface area contributed by atoms with Gasteiger partial charge < -0.3 is 4.74 Å². The standard InChI is InChI=1S/C11H8ClNO2/c1-15-10-4-2-8(3-5-11(12)14)6-9(10)7-13/h2-6H,1H3. The molecule has 0 spiro atoms. The Morgan fingerprint density at radius 2 is 2.33 bits per heavy atom. The highest BCUT2D eigenvalue weighted by molar-refractivity contribution is 6.66. The van der Waals surface area contributed by atoms with E-state index in [-0.39, 0.29) is 0 Å². The first-order valence-electron chi connectivity index (χ1n) is 4.13. The summed E-state index contributed by atoms with van der Waals surface area (Å²) in [6.45, 7) is 0. The van der Waals surface area contributed by atoms with E-state index in [2.05, 4.69) is 0 Å². The van der Waals surface area contributed by atoms with Crippen LogP contribution in [0.2, 0.25) is 0 Å². The van der Waals surface area contributed by atoms with Gasteiger partial charge in [0, 0.05) is 0 Å². The van der Waals surface area contributed by atoms with Gasteiger partial charge in [0.2, 0.25) is 5.24 Å². The van der Waals surface area contributed by atoms with Crippen molar-refractivity contribution >= 4 is 22.9 Å². The fraction of sp³-hybridized carbons (Fsp3) is 0.0909. The van der Waals surface area contributed by atoms with Gasteiger partial charge in [-0.25, -0.2) is 0 Å². The van der Waals surface area contributed by atoms with E-state index in [1.165, 1.54) is 19.3 Å². The second-order valence-electron chi connectivity index (χ2n) is 2.71. The lowest BCUT2D eigenvalue weighted by Crippen LogP contribution is -1.88. The number of carbonyl (C=O) groups is 1. The summed E-state index contributed by atoms with van der Waals surface area (Å²) < 4.78 is 4.98. The number of hydrogen-bond donors (Lipinski definition) is 0. The monoisotopic (exact) mass is 221 g/mol. The highest BCUT2D eigenvalue weighted by Gasteiger charge is 2.01. The molecule has 3 nitrogen and oxygen atoms in total. The zero-order valence-electron chi connectivity index (χ0n) is 8.03. The van der Waals surface area contributed by atoms with E-state index in [0.29, 0.717) is 11.3 Å². The Morgan fingerprint density at radius 1 is 1.60 bits per heavy atom. The lowest BCUT2D eigenvalue weighted by molar-refractivity contribution is -0.107. The van der Waals surface area contributed by atoms with Crippen molar-refractivity contribution in [3.8, 4) is 11.8 Å². The lowest BCUT2D eigenvalue weighted by Gasteiger charge is -2.02. The number of benzene rings is 1. The van der Waals surface area contributed by atoms with Crippen molar-refractivity contribution in [1.82, 2.24) is 0 Å². The smallest absolute Gasteiger partial charge is 0.245 e. The number of halogens is 1. The molecule has 0 N–H and O–H groups in total. The molecule has 0 aliphatic carbocycles. The summed E-state index contributed by atoms with van der Waals surface area (Å²) >= 11 is 5.14. The van der Waals surface area contributed by atoms with Gasteiger partial charge in [-0.15, -0.1) is 0 Å². The van der Waals surface area contributed by atoms with Gasteiger partial charge >= 0.3 is 0 Å². The molecule has 0 fully saturated rings. The van der Waals surface area contributed by atoms with Crippen molar-refractivity contribution < 1.29 is 9.53 Å². The van der Waals surface area contributed by atoms with E-state index in [1.54, 1.807) is 18.2 Å². The van der Waals surface area contributed by atoms with Crippen LogP contribution >= 0.6 is 11.6 Å². The van der Waals surface area contributed by atoms with Crippen LogP contribution in [-0.2, 0) is 4.79 Å². The molecule has 1 aromatic rings. The molecular weight excluding hydrogens is 214 g/mol. The number of allylic oxidation sites excluding steroid dienone is 1. The topological polar surface area (TPSA) is 50.1 Å². The molecule has 15 heavy (non-hydrogen) atoms. The summed E-state index contributed by atoms with van der Waals surface area (Å²) in [5.74, 6) is 0.506. The van der Waals surface area contributed by atoms with E-state index in [9.17, 15) is 4.79 Å². The average Bonchev–Trinajstić information content (AvgIpc) is 2.25. The summed E-state index contributed by atoms with van der Waals surface area (Å²) in [4.78, 5) is 10.5. The van der Waals surface area contributed by atoms with Crippen LogP contribution in [0.4, 0.5) is 0 Å². The van der Waals surface area contributed by atoms with Crippen LogP contribution < -0.4 is 4.74 Å². The summed E-state index contributed by atoms with van der Waals surface area (Å²) in [5.41, 5.74) is 1.14. The number of hydrogen-bond acceptors (Lipinski definition) is 3. The van der Waals surface area contributed by atoms with E-state index >= 15 is 0 Å². The Morgan fingerprint density at radius 3 is 2.87 bits per heavy atom. The van der Waals surface area contributed by atoms with Crippen molar-refractivity contribution in [3.05, 3.63) is 35.4 Å². The van der Waals surface area contributed by atoms with Crippen molar-refractivity contribution in [3.63, 3.8) is 0 Å². The second kappa shape index (κ2) is 5.18. The molecule has 0 saturated heterocycles. The molecule has 0 aliphatic rings. The molecule has 0 bridgehead atoms. The maximum atomic E-state index is 10.5. The summed E-state index contributed by atoms with van der Waals surface area (Å²) in [6.07, 6.45) is 2.76. The number of nitrogens with zero attached hydrogens (tertiary/aromatic N) is 1. The van der Waals surface area contributed by atoms with Crippen LogP contribution in [-0.4, -0.2) is 12.4 Å². The quantitative estimate of drug-likeness (QED) is 0.582. The van der Waals surface area contributed by atoms with Gasteiger partial charge in [-0.3, -0.25) is 4.79 Å². The SMILES string of the molecule is COc1ccc(C=CC(=O)Cl)cc1C#N. The first-order valence-corrected chi connectivity index (χ1v) is 4.51. The number of methoxy groups -OCH3 is 1. The first kappa shape index (κ1) is 11.3. The van der Waals surface area contributed by atoms with Crippen molar-refractivity contribution in [2.45, 2.75) is 0 Å². The van der Waals surface area contributed by atoms with Crippen molar-refractivity contribution in [2.75, 3.05) is 7.11 Å². The maximum absolute atomic E-state index is 10.5. The van der Waals surface area contributed by atoms with Crippen LogP contribution in [0, 0.1) is 11.3 Å². The summed E-state index contributed by atoms with van der Waals surface area (Å²) in [6, 6.07) is 7.01. The second-order valence-corrected chi connectivity index (χ2v) is 3.08. The highest BCUT2D eigenvalue weighted by atomic mass is 35.5. The Kier molecular flexibility index (Phi) is 3.90. The Hall–Kier alpha value is -1.79. The predicted octanol–water partition coefficient (Wildman–Crippen LogP) is 2.35. The zero-order chi connectivity index (χ0) is 11.3. The van der Waals surface area contributed by atoms with Gasteiger partial charge in [0.1, 0.15) is 11.8 Å². The molecule has 1 rings (SSSR count). The third-order valence-electron chi connectivity index (χ3n) is 1.75. The molecule has 0 atom stereocenters. The van der Waals surface area contributed by atoms with Crippen LogP contribution in [0.1, 0.15) is 11.1 Å². The third-order valence-corrected chi connectivity index (χ3v) is 1.88. The highest BCUT2D eigenvalue weighted by Crippen LogP contribution is 2.19. The van der Waals surface area contributed by atoms with Gasteiger partial charge in [-0.1, -0.05) is 12.1 Å². The fourth-order valence-corrected chi connectivity index (χ4v) is 1.14. The summed E-state index contributed by atoms with van der Waals surface area (Å²) in [5, 5.41) is 8.25. The van der Waals surface area contributed by atoms with Gasteiger partial charge in [-0.2, -0.15) is 5.26 Å². The largest absolute Gasteiger partial charge is 0.495 e. The molecule has 0 heterocycles. The number of rotatable bonds is 3. The molecule has 0 saturated carbocycles. The van der Waals surface area contributed by atoms with Crippen LogP contribution in [0.15, 0.2) is 24.3 Å². The predicted molar refractivity (Wildman–Crippen MR) is 57.6 cm³/mol. The Bertz CT molecular complexity index is 446. The lowest BCUT2D eigenvalue weighted by atomic mass is 10.1. The van der Waals surface area contributed by atoms with E-state index in [0.717, 1.165) is 5.56 Å². The van der Waals surface area contributed by atoms with E-state index in [1.807, 2.05) is 6.07 Å². The summed E-state index contributed by atoms with van der Waals surface area (Å²) in [7, 11) is 1.49. The molecule has 4 heteroatoms. The van der Waals surface area contributed by atoms with Gasteiger partial charge in [0.05, 0.1) is 12.7 Å². The van der Waals surface area contributed by atoms with Gasteiger partial charge in [0.25, 0.3) is 0 Å². The van der Waals surface area contributed by atoms with Crippen LogP contribution in [0.5, 0.6) is 5.75 Å². The molecule has 0 aromatic heterocycles. The molecular formula is C11H8ClNO2. The Labute approximate surface area is 92.5 Å². The minimum atomic E-state index is -0.552. The average molecular weight is 222 g/mol. The fourth-order valence-electron chi connectivity index (χ4n) is 1.08.